The van der Waals surface area contributed by atoms with E-state index in [0.29, 0.717) is 32.7 Å². The van der Waals surface area contributed by atoms with Gasteiger partial charge in [-0.3, -0.25) is 9.69 Å². The Morgan fingerprint density at radius 2 is 1.88 bits per heavy atom. The van der Waals surface area contributed by atoms with Gasteiger partial charge in [0.15, 0.2) is 0 Å². The van der Waals surface area contributed by atoms with Crippen molar-refractivity contribution in [1.29, 1.82) is 0 Å². The molecule has 6 nitrogen and oxygen atoms in total. The van der Waals surface area contributed by atoms with Crippen molar-refractivity contribution in [3.8, 4) is 0 Å². The molecule has 1 aromatic rings. The summed E-state index contributed by atoms with van der Waals surface area (Å²) in [5.41, 5.74) is -0.219. The lowest BCUT2D eigenvalue weighted by molar-refractivity contribution is -0.124. The molecule has 25 heavy (non-hydrogen) atoms. The second-order valence-electron chi connectivity index (χ2n) is 6.92. The maximum Gasteiger partial charge on any atom is 0.243 e. The van der Waals surface area contributed by atoms with Gasteiger partial charge in [0.2, 0.25) is 15.9 Å². The summed E-state index contributed by atoms with van der Waals surface area (Å²) in [5.74, 6) is -0.0184. The molecule has 1 saturated heterocycles. The van der Waals surface area contributed by atoms with Crippen LogP contribution in [0, 0.1) is 0 Å². The van der Waals surface area contributed by atoms with Crippen LogP contribution >= 0.6 is 15.9 Å². The number of piperazine rings is 1. The first-order valence-electron chi connectivity index (χ1n) is 8.43. The Morgan fingerprint density at radius 3 is 2.44 bits per heavy atom. The summed E-state index contributed by atoms with van der Waals surface area (Å²) >= 11 is 3.31. The lowest BCUT2D eigenvalue weighted by atomic mass is 10.0. The fourth-order valence-electron chi connectivity index (χ4n) is 2.61. The highest BCUT2D eigenvalue weighted by Crippen LogP contribution is 2.21. The van der Waals surface area contributed by atoms with E-state index < -0.39 is 10.0 Å². The van der Waals surface area contributed by atoms with Gasteiger partial charge in [-0.2, -0.15) is 4.31 Å². The van der Waals surface area contributed by atoms with Crippen LogP contribution in [0.2, 0.25) is 0 Å². The van der Waals surface area contributed by atoms with Crippen LogP contribution in [-0.2, 0) is 14.8 Å². The monoisotopic (exact) mass is 431 g/mol. The van der Waals surface area contributed by atoms with Crippen molar-refractivity contribution >= 4 is 31.9 Å². The molecule has 2 rings (SSSR count). The summed E-state index contributed by atoms with van der Waals surface area (Å²) in [6.45, 7) is 8.19. The van der Waals surface area contributed by atoms with Crippen molar-refractivity contribution in [3.05, 3.63) is 28.7 Å². The zero-order valence-corrected chi connectivity index (χ0v) is 17.4. The van der Waals surface area contributed by atoms with Crippen LogP contribution < -0.4 is 5.32 Å². The number of carbonyl (C=O) groups is 1. The molecule has 0 bridgehead atoms. The highest BCUT2D eigenvalue weighted by Gasteiger charge is 2.29. The zero-order chi connectivity index (χ0) is 18.7. The van der Waals surface area contributed by atoms with Crippen LogP contribution in [0.3, 0.4) is 0 Å². The van der Waals surface area contributed by atoms with Gasteiger partial charge in [0.1, 0.15) is 0 Å². The molecule has 0 radical (unpaired) electrons. The van der Waals surface area contributed by atoms with Gasteiger partial charge in [0, 0.05) is 36.2 Å². The van der Waals surface area contributed by atoms with Crippen molar-refractivity contribution in [2.45, 2.75) is 37.6 Å². The SMILES string of the molecule is CCC(C)(C)NC(=O)CN1CCN(S(=O)(=O)c2cccc(Br)c2)CC1. The lowest BCUT2D eigenvalue weighted by Crippen LogP contribution is -2.53. The van der Waals surface area contributed by atoms with Gasteiger partial charge in [-0.05, 0) is 38.5 Å². The molecule has 0 spiro atoms. The van der Waals surface area contributed by atoms with Crippen LogP contribution in [0.25, 0.3) is 0 Å². The Kier molecular flexibility index (Phi) is 6.64. The second kappa shape index (κ2) is 8.16. The maximum atomic E-state index is 12.7. The number of benzene rings is 1. The number of amides is 1. The van der Waals surface area contributed by atoms with Crippen LogP contribution in [0.4, 0.5) is 0 Å². The Balaban J connectivity index is 1.92. The van der Waals surface area contributed by atoms with Gasteiger partial charge in [-0.15, -0.1) is 0 Å². The smallest absolute Gasteiger partial charge is 0.243 e. The Hall–Kier alpha value is -0.960. The third-order valence-corrected chi connectivity index (χ3v) is 6.88. The van der Waals surface area contributed by atoms with Crippen molar-refractivity contribution in [2.24, 2.45) is 0 Å². The molecule has 0 saturated carbocycles. The molecule has 1 aromatic carbocycles. The fraction of sp³-hybridized carbons (Fsp3) is 0.588. The molecular formula is C17H26BrN3O3S. The zero-order valence-electron chi connectivity index (χ0n) is 15.0. The predicted molar refractivity (Wildman–Crippen MR) is 102 cm³/mol. The minimum absolute atomic E-state index is 0.0184. The first-order valence-corrected chi connectivity index (χ1v) is 10.7. The van der Waals surface area contributed by atoms with Crippen LogP contribution in [0.5, 0.6) is 0 Å². The number of nitrogens with zero attached hydrogens (tertiary/aromatic N) is 2. The first-order chi connectivity index (χ1) is 11.6. The number of halogens is 1. The number of sulfonamides is 1. The van der Waals surface area contributed by atoms with E-state index in [2.05, 4.69) is 21.2 Å². The molecule has 1 amide bonds. The van der Waals surface area contributed by atoms with E-state index in [4.69, 9.17) is 0 Å². The van der Waals surface area contributed by atoms with E-state index in [-0.39, 0.29) is 16.3 Å². The van der Waals surface area contributed by atoms with Crippen molar-refractivity contribution < 1.29 is 13.2 Å². The second-order valence-corrected chi connectivity index (χ2v) is 9.78. The predicted octanol–water partition coefficient (Wildman–Crippen LogP) is 2.06. The molecule has 1 heterocycles. The third-order valence-electron chi connectivity index (χ3n) is 4.49. The van der Waals surface area contributed by atoms with E-state index in [1.54, 1.807) is 24.3 Å². The quantitative estimate of drug-likeness (QED) is 0.747. The topological polar surface area (TPSA) is 69.7 Å². The Morgan fingerprint density at radius 1 is 1.24 bits per heavy atom. The highest BCUT2D eigenvalue weighted by atomic mass is 79.9. The van der Waals surface area contributed by atoms with Crippen LogP contribution in [0.15, 0.2) is 33.6 Å². The molecule has 1 N–H and O–H groups in total. The standard InChI is InChI=1S/C17H26BrN3O3S/c1-4-17(2,3)19-16(22)13-20-8-10-21(11-9-20)25(23,24)15-7-5-6-14(18)12-15/h5-7,12H,4,8-11,13H2,1-3H3,(H,19,22). The molecule has 0 atom stereocenters. The number of nitrogens with one attached hydrogen (secondary N) is 1. The van der Waals surface area contributed by atoms with E-state index in [1.165, 1.54) is 4.31 Å². The van der Waals surface area contributed by atoms with Crippen LogP contribution in [-0.4, -0.2) is 61.8 Å². The molecule has 0 unspecified atom stereocenters. The number of carbonyl (C=O) groups excluding carboxylic acids is 1. The average Bonchev–Trinajstić information content (AvgIpc) is 2.55. The summed E-state index contributed by atoms with van der Waals surface area (Å²) in [6, 6.07) is 6.73. The summed E-state index contributed by atoms with van der Waals surface area (Å²) in [5, 5.41) is 3.01. The largest absolute Gasteiger partial charge is 0.350 e. The number of rotatable bonds is 6. The number of hydrogen-bond acceptors (Lipinski definition) is 4. The number of hydrogen-bond donors (Lipinski definition) is 1. The molecule has 140 valence electrons. The van der Waals surface area contributed by atoms with E-state index in [1.807, 2.05) is 25.7 Å². The highest BCUT2D eigenvalue weighted by molar-refractivity contribution is 9.10. The molecule has 1 aliphatic rings. The van der Waals surface area contributed by atoms with Gasteiger partial charge < -0.3 is 5.32 Å². The van der Waals surface area contributed by atoms with Crippen LogP contribution in [0.1, 0.15) is 27.2 Å². The molecule has 1 aliphatic heterocycles. The molecule has 0 aromatic heterocycles. The Bertz CT molecular complexity index is 714. The average molecular weight is 432 g/mol. The van der Waals surface area contributed by atoms with E-state index >= 15 is 0 Å². The third kappa shape index (κ3) is 5.51. The summed E-state index contributed by atoms with van der Waals surface area (Å²) in [4.78, 5) is 14.4. The maximum absolute atomic E-state index is 12.7. The first kappa shape index (κ1) is 20.4. The van der Waals surface area contributed by atoms with E-state index in [9.17, 15) is 13.2 Å². The Labute approximate surface area is 158 Å². The normalized spacial score (nSPS) is 17.4. The molecule has 0 aliphatic carbocycles. The summed E-state index contributed by atoms with van der Waals surface area (Å²) in [7, 11) is -3.49. The van der Waals surface area contributed by atoms with Gasteiger partial charge in [-0.1, -0.05) is 28.9 Å². The minimum Gasteiger partial charge on any atom is -0.350 e. The van der Waals surface area contributed by atoms with Gasteiger partial charge in [0.05, 0.1) is 11.4 Å². The molecule has 8 heteroatoms. The van der Waals surface area contributed by atoms with Crippen molar-refractivity contribution in [1.82, 2.24) is 14.5 Å². The van der Waals surface area contributed by atoms with Crippen molar-refractivity contribution in [2.75, 3.05) is 32.7 Å². The summed E-state index contributed by atoms with van der Waals surface area (Å²) in [6.07, 6.45) is 0.859. The minimum atomic E-state index is -3.49. The van der Waals surface area contributed by atoms with Crippen molar-refractivity contribution in [3.63, 3.8) is 0 Å². The van der Waals surface area contributed by atoms with Gasteiger partial charge in [0.25, 0.3) is 0 Å². The van der Waals surface area contributed by atoms with E-state index in [0.717, 1.165) is 10.9 Å². The summed E-state index contributed by atoms with van der Waals surface area (Å²) < 4.78 is 27.6. The molecular weight excluding hydrogens is 406 g/mol. The fourth-order valence-corrected chi connectivity index (χ4v) is 4.63. The molecule has 1 fully saturated rings. The van der Waals surface area contributed by atoms with Gasteiger partial charge in [-0.25, -0.2) is 8.42 Å². The lowest BCUT2D eigenvalue weighted by Gasteiger charge is -2.34. The van der Waals surface area contributed by atoms with Gasteiger partial charge >= 0.3 is 0 Å².